The molecule has 2 aromatic rings. The van der Waals surface area contributed by atoms with Gasteiger partial charge in [-0.05, 0) is 56.2 Å². The summed E-state index contributed by atoms with van der Waals surface area (Å²) in [7, 11) is 1.25. The van der Waals surface area contributed by atoms with E-state index in [1.165, 1.54) is 24.2 Å². The van der Waals surface area contributed by atoms with Gasteiger partial charge in [0.15, 0.2) is 0 Å². The molecule has 2 N–H and O–H groups in total. The Morgan fingerprint density at radius 2 is 2.03 bits per heavy atom. The smallest absolute Gasteiger partial charge is 0.340 e. The first-order chi connectivity index (χ1) is 17.8. The van der Waals surface area contributed by atoms with E-state index in [1.54, 1.807) is 37.3 Å². The van der Waals surface area contributed by atoms with E-state index in [-0.39, 0.29) is 29.7 Å². The highest BCUT2D eigenvalue weighted by atomic mass is 35.5. The van der Waals surface area contributed by atoms with E-state index in [2.05, 4.69) is 10.6 Å². The van der Waals surface area contributed by atoms with Gasteiger partial charge in [0.2, 0.25) is 0 Å². The van der Waals surface area contributed by atoms with Gasteiger partial charge in [0.05, 0.1) is 37.4 Å². The summed E-state index contributed by atoms with van der Waals surface area (Å²) in [5.74, 6) is -2.06. The Bertz CT molecular complexity index is 1290. The van der Waals surface area contributed by atoms with Gasteiger partial charge in [0.1, 0.15) is 11.5 Å². The maximum Gasteiger partial charge on any atom is 0.340 e. The Morgan fingerprint density at radius 1 is 1.22 bits per heavy atom. The van der Waals surface area contributed by atoms with Crippen LogP contribution in [0.3, 0.4) is 0 Å². The number of nitrogens with one attached hydrogen (secondary N) is 2. The van der Waals surface area contributed by atoms with Gasteiger partial charge in [-0.3, -0.25) is 14.4 Å². The van der Waals surface area contributed by atoms with Crippen molar-refractivity contribution >= 4 is 47.1 Å². The van der Waals surface area contributed by atoms with E-state index in [0.717, 1.165) is 12.8 Å². The summed E-state index contributed by atoms with van der Waals surface area (Å²) in [6.45, 7) is 2.62. The molecule has 1 aromatic heterocycles. The average molecular weight is 528 g/mol. The van der Waals surface area contributed by atoms with Crippen LogP contribution in [0.2, 0.25) is 5.02 Å². The minimum atomic E-state index is -0.862. The molecular formula is C26H26ClN3O7. The van der Waals surface area contributed by atoms with Crippen LogP contribution in [0.1, 0.15) is 31.3 Å². The summed E-state index contributed by atoms with van der Waals surface area (Å²) in [4.78, 5) is 51.5. The van der Waals surface area contributed by atoms with Crippen molar-refractivity contribution in [2.24, 2.45) is 0 Å². The van der Waals surface area contributed by atoms with Gasteiger partial charge in [-0.25, -0.2) is 4.79 Å². The minimum Gasteiger partial charge on any atom is -0.465 e. The number of furan rings is 1. The number of methoxy groups -OCH3 is 1. The van der Waals surface area contributed by atoms with Crippen LogP contribution in [0.25, 0.3) is 6.08 Å². The van der Waals surface area contributed by atoms with Crippen molar-refractivity contribution in [1.82, 2.24) is 10.2 Å². The lowest BCUT2D eigenvalue weighted by Gasteiger charge is -2.21. The second-order valence-electron chi connectivity index (χ2n) is 8.51. The maximum atomic E-state index is 13.2. The SMILES string of the molecule is COC(=O)C1=C(C)N(C[C@@H]2CCCO2)C(=O)/C1=C/c1ccc(CNC(=O)C(=O)Nc2cccc(Cl)c2)o1. The normalized spacial score (nSPS) is 18.5. The summed E-state index contributed by atoms with van der Waals surface area (Å²) < 4.78 is 16.3. The molecule has 0 saturated carbocycles. The summed E-state index contributed by atoms with van der Waals surface area (Å²) in [6, 6.07) is 9.61. The Balaban J connectivity index is 1.43. The summed E-state index contributed by atoms with van der Waals surface area (Å²) in [5.41, 5.74) is 1.19. The fraction of sp³-hybridized carbons (Fsp3) is 0.308. The molecule has 1 aromatic carbocycles. The lowest BCUT2D eigenvalue weighted by molar-refractivity contribution is -0.136. The average Bonchev–Trinajstić information content (AvgIpc) is 3.60. The Labute approximate surface area is 218 Å². The molecule has 0 unspecified atom stereocenters. The van der Waals surface area contributed by atoms with Crippen molar-refractivity contribution in [3.8, 4) is 0 Å². The van der Waals surface area contributed by atoms with Crippen molar-refractivity contribution < 1.29 is 33.1 Å². The van der Waals surface area contributed by atoms with Crippen molar-refractivity contribution in [3.05, 3.63) is 69.8 Å². The van der Waals surface area contributed by atoms with E-state index in [9.17, 15) is 19.2 Å². The van der Waals surface area contributed by atoms with Gasteiger partial charge in [-0.15, -0.1) is 0 Å². The van der Waals surface area contributed by atoms with Gasteiger partial charge < -0.3 is 29.4 Å². The van der Waals surface area contributed by atoms with Gasteiger partial charge in [-0.2, -0.15) is 0 Å². The third-order valence-corrected chi connectivity index (χ3v) is 6.23. The predicted octanol–water partition coefficient (Wildman–Crippen LogP) is 3.04. The molecule has 194 valence electrons. The highest BCUT2D eigenvalue weighted by molar-refractivity contribution is 6.39. The second-order valence-corrected chi connectivity index (χ2v) is 8.95. The zero-order valence-electron chi connectivity index (χ0n) is 20.3. The number of esters is 1. The molecule has 11 heteroatoms. The fourth-order valence-corrected chi connectivity index (χ4v) is 4.34. The van der Waals surface area contributed by atoms with Crippen LogP contribution in [0, 0.1) is 0 Å². The zero-order valence-corrected chi connectivity index (χ0v) is 21.1. The van der Waals surface area contributed by atoms with Gasteiger partial charge in [0, 0.05) is 23.0 Å². The number of hydrogen-bond donors (Lipinski definition) is 2. The first-order valence-corrected chi connectivity index (χ1v) is 12.0. The molecule has 3 amide bonds. The first kappa shape index (κ1) is 26.2. The number of ether oxygens (including phenoxy) is 2. The number of anilines is 1. The fourth-order valence-electron chi connectivity index (χ4n) is 4.15. The Hall–Kier alpha value is -3.89. The summed E-state index contributed by atoms with van der Waals surface area (Å²) >= 11 is 5.88. The van der Waals surface area contributed by atoms with Gasteiger partial charge in [-0.1, -0.05) is 17.7 Å². The number of rotatable bonds is 7. The first-order valence-electron chi connectivity index (χ1n) is 11.6. The quantitative estimate of drug-likeness (QED) is 0.322. The lowest BCUT2D eigenvalue weighted by Crippen LogP contribution is -2.34. The molecule has 0 bridgehead atoms. The van der Waals surface area contributed by atoms with Crippen molar-refractivity contribution in [1.29, 1.82) is 0 Å². The van der Waals surface area contributed by atoms with Crippen molar-refractivity contribution in [2.45, 2.75) is 32.4 Å². The number of hydrogen-bond acceptors (Lipinski definition) is 7. The molecule has 1 saturated heterocycles. The maximum absolute atomic E-state index is 13.2. The number of amides is 3. The lowest BCUT2D eigenvalue weighted by atomic mass is 10.1. The molecule has 4 rings (SSSR count). The Morgan fingerprint density at radius 3 is 2.73 bits per heavy atom. The van der Waals surface area contributed by atoms with Crippen LogP contribution in [-0.4, -0.2) is 55.0 Å². The molecule has 3 heterocycles. The number of carbonyl (C=O) groups excluding carboxylic acids is 4. The van der Waals surface area contributed by atoms with Crippen LogP contribution in [0.5, 0.6) is 0 Å². The van der Waals surface area contributed by atoms with Crippen LogP contribution in [0.4, 0.5) is 5.69 Å². The standard InChI is InChI=1S/C26H26ClN3O7/c1-15-22(26(34)35-2)21(25(33)30(15)14-20-7-4-10-36-20)12-18-8-9-19(37-18)13-28-23(31)24(32)29-17-6-3-5-16(27)11-17/h3,5-6,8-9,11-12,20H,4,7,10,13-14H2,1-2H3,(H,28,31)(H,29,32)/b21-12+/t20-/m0/s1. The number of carbonyl (C=O) groups is 4. The van der Waals surface area contributed by atoms with Crippen LogP contribution in [-0.2, 0) is 35.2 Å². The molecule has 2 aliphatic rings. The largest absolute Gasteiger partial charge is 0.465 e. The van der Waals surface area contributed by atoms with E-state index in [1.807, 2.05) is 0 Å². The molecule has 0 aliphatic carbocycles. The van der Waals surface area contributed by atoms with E-state index in [0.29, 0.717) is 41.1 Å². The molecule has 1 fully saturated rings. The van der Waals surface area contributed by atoms with Crippen LogP contribution < -0.4 is 10.6 Å². The number of nitrogens with zero attached hydrogens (tertiary/aromatic N) is 1. The second kappa shape index (κ2) is 11.4. The molecular weight excluding hydrogens is 502 g/mol. The monoisotopic (exact) mass is 527 g/mol. The third-order valence-electron chi connectivity index (χ3n) is 5.99. The highest BCUT2D eigenvalue weighted by Gasteiger charge is 2.38. The summed E-state index contributed by atoms with van der Waals surface area (Å²) in [6.07, 6.45) is 3.14. The topological polar surface area (TPSA) is 127 Å². The van der Waals surface area contributed by atoms with Crippen molar-refractivity contribution in [2.75, 3.05) is 25.6 Å². The highest BCUT2D eigenvalue weighted by Crippen LogP contribution is 2.33. The number of halogens is 1. The molecule has 2 aliphatic heterocycles. The van der Waals surface area contributed by atoms with Crippen molar-refractivity contribution in [3.63, 3.8) is 0 Å². The number of benzene rings is 1. The van der Waals surface area contributed by atoms with Crippen LogP contribution in [0.15, 0.2) is 57.7 Å². The molecule has 0 radical (unpaired) electrons. The van der Waals surface area contributed by atoms with E-state index >= 15 is 0 Å². The van der Waals surface area contributed by atoms with E-state index in [4.69, 9.17) is 25.5 Å². The zero-order chi connectivity index (χ0) is 26.5. The molecule has 1 atom stereocenters. The molecule has 37 heavy (non-hydrogen) atoms. The minimum absolute atomic E-state index is 0.0667. The Kier molecular flexibility index (Phi) is 8.10. The number of allylic oxidation sites excluding steroid dienone is 1. The van der Waals surface area contributed by atoms with Gasteiger partial charge >= 0.3 is 17.8 Å². The van der Waals surface area contributed by atoms with Gasteiger partial charge in [0.25, 0.3) is 5.91 Å². The third kappa shape index (κ3) is 6.10. The molecule has 10 nitrogen and oxygen atoms in total. The summed E-state index contributed by atoms with van der Waals surface area (Å²) in [5, 5.41) is 5.35. The van der Waals surface area contributed by atoms with E-state index < -0.39 is 17.8 Å². The predicted molar refractivity (Wildman–Crippen MR) is 134 cm³/mol. The van der Waals surface area contributed by atoms with Crippen LogP contribution >= 0.6 is 11.6 Å². The molecule has 0 spiro atoms.